The van der Waals surface area contributed by atoms with Gasteiger partial charge in [0.15, 0.2) is 6.61 Å². The molecule has 8 heteroatoms. The molecule has 0 spiro atoms. The molecular weight excluding hydrogens is 411 g/mol. The Bertz CT molecular complexity index is 1070. The van der Waals surface area contributed by atoms with Gasteiger partial charge in [0.1, 0.15) is 17.3 Å². The lowest BCUT2D eigenvalue weighted by molar-refractivity contribution is -0.123. The average molecular weight is 427 g/mol. The van der Waals surface area contributed by atoms with Crippen LogP contribution in [0.25, 0.3) is 0 Å². The van der Waals surface area contributed by atoms with Gasteiger partial charge < -0.3 is 9.47 Å². The first-order chi connectivity index (χ1) is 14.5. The number of halogens is 2. The first-order valence-electron chi connectivity index (χ1n) is 8.78. The Morgan fingerprint density at radius 2 is 1.77 bits per heavy atom. The summed E-state index contributed by atoms with van der Waals surface area (Å²) < 4.78 is 24.1. The van der Waals surface area contributed by atoms with Gasteiger partial charge in [-0.2, -0.15) is 5.10 Å². The number of nitrogens with one attached hydrogen (secondary N) is 1. The summed E-state index contributed by atoms with van der Waals surface area (Å²) in [4.78, 5) is 23.8. The molecule has 30 heavy (non-hydrogen) atoms. The minimum Gasteiger partial charge on any atom is -0.484 e. The Labute approximate surface area is 176 Å². The fourth-order valence-corrected chi connectivity index (χ4v) is 2.51. The van der Waals surface area contributed by atoms with Crippen molar-refractivity contribution in [3.8, 4) is 11.5 Å². The van der Waals surface area contributed by atoms with Gasteiger partial charge in [0.2, 0.25) is 0 Å². The first-order valence-corrected chi connectivity index (χ1v) is 9.16. The van der Waals surface area contributed by atoms with E-state index in [1.54, 1.807) is 42.5 Å². The van der Waals surface area contributed by atoms with Crippen LogP contribution in [0, 0.1) is 5.82 Å². The fraction of sp³-hybridized carbons (Fsp3) is 0.0455. The number of hydrazone groups is 1. The first kappa shape index (κ1) is 21.0. The molecule has 0 aliphatic rings. The summed E-state index contributed by atoms with van der Waals surface area (Å²) in [5.41, 5.74) is 2.84. The van der Waals surface area contributed by atoms with Gasteiger partial charge in [-0.25, -0.2) is 14.6 Å². The van der Waals surface area contributed by atoms with E-state index in [2.05, 4.69) is 10.5 Å². The van der Waals surface area contributed by atoms with Crippen LogP contribution in [0.4, 0.5) is 4.39 Å². The summed E-state index contributed by atoms with van der Waals surface area (Å²) in [6.07, 6.45) is 1.42. The lowest BCUT2D eigenvalue weighted by Gasteiger charge is -2.06. The van der Waals surface area contributed by atoms with Crippen LogP contribution in [0.1, 0.15) is 15.9 Å². The monoisotopic (exact) mass is 426 g/mol. The van der Waals surface area contributed by atoms with E-state index in [0.29, 0.717) is 16.3 Å². The maximum absolute atomic E-state index is 13.6. The highest BCUT2D eigenvalue weighted by molar-refractivity contribution is 6.30. The zero-order valence-corrected chi connectivity index (χ0v) is 16.3. The van der Waals surface area contributed by atoms with Crippen LogP contribution in [0.3, 0.4) is 0 Å². The van der Waals surface area contributed by atoms with Crippen LogP contribution in [0.5, 0.6) is 11.5 Å². The lowest BCUT2D eigenvalue weighted by Crippen LogP contribution is -2.24. The average Bonchev–Trinajstić information content (AvgIpc) is 2.74. The highest BCUT2D eigenvalue weighted by Crippen LogP contribution is 2.17. The summed E-state index contributed by atoms with van der Waals surface area (Å²) in [6, 6.07) is 18.6. The van der Waals surface area contributed by atoms with E-state index in [1.807, 2.05) is 0 Å². The molecular formula is C22H16ClFN2O4. The molecule has 6 nitrogen and oxygen atoms in total. The van der Waals surface area contributed by atoms with Gasteiger partial charge >= 0.3 is 5.97 Å². The summed E-state index contributed by atoms with van der Waals surface area (Å²) >= 11 is 5.84. The maximum Gasteiger partial charge on any atom is 0.346 e. The number of carbonyl (C=O) groups is 2. The van der Waals surface area contributed by atoms with Gasteiger partial charge in [-0.3, -0.25) is 4.79 Å². The van der Waals surface area contributed by atoms with E-state index in [9.17, 15) is 14.0 Å². The molecule has 0 aliphatic heterocycles. The van der Waals surface area contributed by atoms with Crippen LogP contribution >= 0.6 is 11.6 Å². The van der Waals surface area contributed by atoms with Crippen molar-refractivity contribution in [2.75, 3.05) is 6.61 Å². The SMILES string of the molecule is O=C(COc1cccc(Cl)c1)NN=Cc1ccc(OC(=O)c2ccccc2F)cc1. The molecule has 0 unspecified atom stereocenters. The van der Waals surface area contributed by atoms with Gasteiger partial charge in [0.05, 0.1) is 11.8 Å². The number of benzene rings is 3. The Balaban J connectivity index is 1.48. The second kappa shape index (κ2) is 10.2. The van der Waals surface area contributed by atoms with E-state index < -0.39 is 17.7 Å². The Kier molecular flexibility index (Phi) is 7.13. The molecule has 0 saturated carbocycles. The number of hydrogen-bond donors (Lipinski definition) is 1. The molecule has 0 saturated heterocycles. The molecule has 0 radical (unpaired) electrons. The fourth-order valence-electron chi connectivity index (χ4n) is 2.33. The third kappa shape index (κ3) is 6.15. The smallest absolute Gasteiger partial charge is 0.346 e. The van der Waals surface area contributed by atoms with E-state index in [1.165, 1.54) is 36.5 Å². The topological polar surface area (TPSA) is 77.0 Å². The quantitative estimate of drug-likeness (QED) is 0.265. The Morgan fingerprint density at radius 1 is 1.00 bits per heavy atom. The zero-order valence-electron chi connectivity index (χ0n) is 15.5. The molecule has 152 valence electrons. The lowest BCUT2D eigenvalue weighted by atomic mass is 10.2. The number of amides is 1. The molecule has 3 aromatic carbocycles. The van der Waals surface area contributed by atoms with Crippen LogP contribution in [0.15, 0.2) is 77.9 Å². The molecule has 0 atom stereocenters. The predicted molar refractivity (Wildman–Crippen MR) is 110 cm³/mol. The van der Waals surface area contributed by atoms with E-state index >= 15 is 0 Å². The molecule has 3 rings (SSSR count). The van der Waals surface area contributed by atoms with E-state index in [0.717, 1.165) is 0 Å². The van der Waals surface area contributed by atoms with Gasteiger partial charge in [-0.1, -0.05) is 29.8 Å². The maximum atomic E-state index is 13.6. The number of rotatable bonds is 7. The van der Waals surface area contributed by atoms with Crippen molar-refractivity contribution in [3.05, 3.63) is 94.8 Å². The predicted octanol–water partition coefficient (Wildman–Crippen LogP) is 4.23. The van der Waals surface area contributed by atoms with Crippen LogP contribution in [-0.4, -0.2) is 24.7 Å². The van der Waals surface area contributed by atoms with Crippen molar-refractivity contribution in [2.24, 2.45) is 5.10 Å². The molecule has 0 fully saturated rings. The number of esters is 1. The normalized spacial score (nSPS) is 10.6. The molecule has 1 N–H and O–H groups in total. The van der Waals surface area contributed by atoms with Crippen molar-refractivity contribution in [3.63, 3.8) is 0 Å². The Morgan fingerprint density at radius 3 is 2.50 bits per heavy atom. The van der Waals surface area contributed by atoms with Crippen LogP contribution < -0.4 is 14.9 Å². The molecule has 0 heterocycles. The minimum atomic E-state index is -0.790. The largest absolute Gasteiger partial charge is 0.484 e. The Hall–Kier alpha value is -3.71. The van der Waals surface area contributed by atoms with E-state index in [4.69, 9.17) is 21.1 Å². The van der Waals surface area contributed by atoms with Gasteiger partial charge in [-0.15, -0.1) is 0 Å². The second-order valence-electron chi connectivity index (χ2n) is 5.98. The number of carbonyl (C=O) groups excluding carboxylic acids is 2. The molecule has 0 bridgehead atoms. The summed E-state index contributed by atoms with van der Waals surface area (Å²) in [5.74, 6) is -1.16. The minimum absolute atomic E-state index is 0.147. The van der Waals surface area contributed by atoms with Gasteiger partial charge in [0, 0.05) is 5.02 Å². The van der Waals surface area contributed by atoms with Crippen LogP contribution in [-0.2, 0) is 4.79 Å². The highest BCUT2D eigenvalue weighted by Gasteiger charge is 2.13. The highest BCUT2D eigenvalue weighted by atomic mass is 35.5. The standard InChI is InChI=1S/C22H16ClFN2O4/c23-16-4-3-5-18(12-16)29-14-21(27)26-25-13-15-8-10-17(11-9-15)30-22(28)19-6-1-2-7-20(19)24/h1-13H,14H2,(H,26,27). The van der Waals surface area contributed by atoms with Crippen molar-refractivity contribution < 1.29 is 23.5 Å². The van der Waals surface area contributed by atoms with Crippen molar-refractivity contribution in [1.29, 1.82) is 0 Å². The zero-order chi connectivity index (χ0) is 21.3. The number of nitrogens with zero attached hydrogens (tertiary/aromatic N) is 1. The van der Waals surface area contributed by atoms with Gasteiger partial charge in [-0.05, 0) is 60.2 Å². The van der Waals surface area contributed by atoms with Crippen molar-refractivity contribution in [2.45, 2.75) is 0 Å². The number of ether oxygens (including phenoxy) is 2. The van der Waals surface area contributed by atoms with Crippen molar-refractivity contribution >= 4 is 29.7 Å². The number of hydrogen-bond acceptors (Lipinski definition) is 5. The molecule has 0 aromatic heterocycles. The van der Waals surface area contributed by atoms with Crippen LogP contribution in [0.2, 0.25) is 5.02 Å². The molecule has 1 amide bonds. The third-order valence-electron chi connectivity index (χ3n) is 3.75. The van der Waals surface area contributed by atoms with Gasteiger partial charge in [0.25, 0.3) is 5.91 Å². The van der Waals surface area contributed by atoms with Crippen molar-refractivity contribution in [1.82, 2.24) is 5.43 Å². The summed E-state index contributed by atoms with van der Waals surface area (Å²) in [6.45, 7) is -0.220. The molecule has 0 aliphatic carbocycles. The second-order valence-corrected chi connectivity index (χ2v) is 6.41. The van der Waals surface area contributed by atoms with E-state index in [-0.39, 0.29) is 17.9 Å². The summed E-state index contributed by atoms with van der Waals surface area (Å²) in [5, 5.41) is 4.34. The summed E-state index contributed by atoms with van der Waals surface area (Å²) in [7, 11) is 0. The molecule has 3 aromatic rings. The third-order valence-corrected chi connectivity index (χ3v) is 3.99.